The average molecular weight is 222 g/mol. The normalized spacial score (nSPS) is 45.7. The van der Waals surface area contributed by atoms with Crippen molar-refractivity contribution in [2.45, 2.75) is 52.1 Å². The Morgan fingerprint density at radius 3 is 2.44 bits per heavy atom. The van der Waals surface area contributed by atoms with E-state index in [0.29, 0.717) is 29.1 Å². The van der Waals surface area contributed by atoms with Crippen molar-refractivity contribution in [3.05, 3.63) is 0 Å². The number of Topliss-reactive ketones (excluding diaryl/α,β-unsaturated/α-hetero) is 1. The van der Waals surface area contributed by atoms with Crippen LogP contribution in [0.4, 0.5) is 0 Å². The topological polar surface area (TPSA) is 26.3 Å². The van der Waals surface area contributed by atoms with Crippen LogP contribution in [0.25, 0.3) is 0 Å². The van der Waals surface area contributed by atoms with Gasteiger partial charge in [0.2, 0.25) is 0 Å². The zero-order valence-electron chi connectivity index (χ0n) is 10.4. The number of hydrogen-bond acceptors (Lipinski definition) is 2. The molecule has 0 aliphatic heterocycles. The summed E-state index contributed by atoms with van der Waals surface area (Å²) in [6.45, 7) is 5.10. The molecule has 4 rings (SSSR count). The number of carbonyl (C=O) groups excluding carboxylic acids is 1. The minimum absolute atomic E-state index is 0.323. The maximum absolute atomic E-state index is 12.0. The summed E-state index contributed by atoms with van der Waals surface area (Å²) in [6.07, 6.45) is 6.23. The number of carbonyl (C=O) groups is 1. The van der Waals surface area contributed by atoms with Gasteiger partial charge in [-0.25, -0.2) is 0 Å². The monoisotopic (exact) mass is 222 g/mol. The third kappa shape index (κ3) is 1.62. The van der Waals surface area contributed by atoms with Crippen molar-refractivity contribution in [3.63, 3.8) is 0 Å². The molecular formula is C14H22O2. The summed E-state index contributed by atoms with van der Waals surface area (Å²) in [6, 6.07) is 0. The van der Waals surface area contributed by atoms with Crippen LogP contribution in [0.5, 0.6) is 0 Å². The maximum atomic E-state index is 12.0. The molecule has 0 aromatic carbocycles. The molecule has 2 atom stereocenters. The zero-order valence-corrected chi connectivity index (χ0v) is 10.4. The van der Waals surface area contributed by atoms with Crippen LogP contribution in [0.1, 0.15) is 46.0 Å². The van der Waals surface area contributed by atoms with Gasteiger partial charge >= 0.3 is 0 Å². The lowest BCUT2D eigenvalue weighted by atomic mass is 9.49. The number of ketones is 1. The average Bonchev–Trinajstić information content (AvgIpc) is 2.22. The van der Waals surface area contributed by atoms with Crippen molar-refractivity contribution < 1.29 is 9.53 Å². The van der Waals surface area contributed by atoms with E-state index in [-0.39, 0.29) is 0 Å². The maximum Gasteiger partial charge on any atom is 0.139 e. The number of hydrogen-bond donors (Lipinski definition) is 0. The lowest BCUT2D eigenvalue weighted by molar-refractivity contribution is -0.154. The molecule has 0 N–H and O–H groups in total. The quantitative estimate of drug-likeness (QED) is 0.734. The first kappa shape index (κ1) is 10.8. The summed E-state index contributed by atoms with van der Waals surface area (Å²) in [4.78, 5) is 12.0. The van der Waals surface area contributed by atoms with Gasteiger partial charge in [0.1, 0.15) is 5.78 Å². The summed E-state index contributed by atoms with van der Waals surface area (Å²) < 4.78 is 5.85. The highest BCUT2D eigenvalue weighted by molar-refractivity contribution is 5.85. The lowest BCUT2D eigenvalue weighted by Crippen LogP contribution is -2.53. The fourth-order valence-corrected chi connectivity index (χ4v) is 4.43. The first-order valence-electron chi connectivity index (χ1n) is 6.73. The van der Waals surface area contributed by atoms with E-state index in [4.69, 9.17) is 4.74 Å². The molecule has 4 bridgehead atoms. The molecule has 2 heteroatoms. The fourth-order valence-electron chi connectivity index (χ4n) is 4.43. The summed E-state index contributed by atoms with van der Waals surface area (Å²) in [7, 11) is 0. The molecule has 4 aliphatic carbocycles. The molecule has 0 heterocycles. The van der Waals surface area contributed by atoms with E-state index in [9.17, 15) is 4.79 Å². The Morgan fingerprint density at radius 2 is 1.88 bits per heavy atom. The van der Waals surface area contributed by atoms with Gasteiger partial charge in [0.15, 0.2) is 0 Å². The Morgan fingerprint density at radius 1 is 1.25 bits per heavy atom. The zero-order chi connectivity index (χ0) is 11.3. The van der Waals surface area contributed by atoms with Gasteiger partial charge in [0.05, 0.1) is 12.7 Å². The smallest absolute Gasteiger partial charge is 0.139 e. The molecule has 90 valence electrons. The molecule has 0 saturated heterocycles. The Kier molecular flexibility index (Phi) is 2.39. The van der Waals surface area contributed by atoms with Crippen LogP contribution in [0.3, 0.4) is 0 Å². The van der Waals surface area contributed by atoms with Gasteiger partial charge in [-0.2, -0.15) is 0 Å². The Balaban J connectivity index is 1.75. The minimum Gasteiger partial charge on any atom is -0.378 e. The van der Waals surface area contributed by atoms with E-state index in [1.165, 1.54) is 19.3 Å². The molecule has 4 fully saturated rings. The van der Waals surface area contributed by atoms with Crippen LogP contribution in [0.15, 0.2) is 0 Å². The molecule has 4 aliphatic rings. The van der Waals surface area contributed by atoms with Gasteiger partial charge in [-0.3, -0.25) is 4.79 Å². The third-order valence-electron chi connectivity index (χ3n) is 4.84. The predicted octanol–water partition coefficient (Wildman–Crippen LogP) is 2.81. The summed E-state index contributed by atoms with van der Waals surface area (Å²) in [5.41, 5.74) is 0.370. The second-order valence-electron chi connectivity index (χ2n) is 6.61. The third-order valence-corrected chi connectivity index (χ3v) is 4.84. The van der Waals surface area contributed by atoms with E-state index < -0.39 is 0 Å². The van der Waals surface area contributed by atoms with Crippen LogP contribution in [-0.2, 0) is 9.53 Å². The highest BCUT2D eigenvalue weighted by atomic mass is 16.5. The molecule has 0 aromatic rings. The van der Waals surface area contributed by atoms with Crippen molar-refractivity contribution in [2.75, 3.05) is 6.61 Å². The van der Waals surface area contributed by atoms with Gasteiger partial charge in [0.25, 0.3) is 0 Å². The molecule has 4 saturated carbocycles. The van der Waals surface area contributed by atoms with Crippen LogP contribution < -0.4 is 0 Å². The molecule has 0 amide bonds. The van der Waals surface area contributed by atoms with Crippen LogP contribution >= 0.6 is 0 Å². The highest BCUT2D eigenvalue weighted by Crippen LogP contribution is 2.58. The van der Waals surface area contributed by atoms with E-state index in [1.54, 1.807) is 0 Å². The van der Waals surface area contributed by atoms with Crippen LogP contribution in [0, 0.1) is 23.2 Å². The highest BCUT2D eigenvalue weighted by Gasteiger charge is 2.55. The van der Waals surface area contributed by atoms with Crippen molar-refractivity contribution >= 4 is 5.78 Å². The number of rotatable bonds is 3. The Hall–Kier alpha value is -0.370. The van der Waals surface area contributed by atoms with E-state index in [0.717, 1.165) is 25.4 Å². The van der Waals surface area contributed by atoms with Crippen molar-refractivity contribution in [1.82, 2.24) is 0 Å². The Labute approximate surface area is 97.7 Å². The van der Waals surface area contributed by atoms with Crippen molar-refractivity contribution in [1.29, 1.82) is 0 Å². The van der Waals surface area contributed by atoms with Gasteiger partial charge in [-0.05, 0) is 57.3 Å². The van der Waals surface area contributed by atoms with Crippen LogP contribution in [-0.4, -0.2) is 18.5 Å². The van der Waals surface area contributed by atoms with Crippen LogP contribution in [0.2, 0.25) is 0 Å². The Bertz CT molecular complexity index is 290. The standard InChI is InChI=1S/C14H22O2/c1-9(2)16-8-14-5-10-3-11(6-14)13(15)12(4-10)7-14/h9-12H,3-8H2,1-2H3. The van der Waals surface area contributed by atoms with Crippen molar-refractivity contribution in [3.8, 4) is 0 Å². The van der Waals surface area contributed by atoms with Gasteiger partial charge in [-0.15, -0.1) is 0 Å². The first-order valence-corrected chi connectivity index (χ1v) is 6.73. The predicted molar refractivity (Wildman–Crippen MR) is 62.1 cm³/mol. The lowest BCUT2D eigenvalue weighted by Gasteiger charge is -2.55. The summed E-state index contributed by atoms with van der Waals surface area (Å²) in [5, 5.41) is 0. The molecule has 16 heavy (non-hydrogen) atoms. The fraction of sp³-hybridized carbons (Fsp3) is 0.929. The molecule has 2 nitrogen and oxygen atoms in total. The van der Waals surface area contributed by atoms with Gasteiger partial charge in [-0.1, -0.05) is 0 Å². The first-order chi connectivity index (χ1) is 7.58. The second-order valence-corrected chi connectivity index (χ2v) is 6.61. The second kappa shape index (κ2) is 3.56. The van der Waals surface area contributed by atoms with Gasteiger partial charge in [0, 0.05) is 11.8 Å². The molecule has 0 spiro atoms. The summed E-state index contributed by atoms with van der Waals surface area (Å²) >= 11 is 0. The minimum atomic E-state index is 0.323. The number of ether oxygens (including phenoxy) is 1. The van der Waals surface area contributed by atoms with E-state index in [1.807, 2.05) is 0 Å². The van der Waals surface area contributed by atoms with Crippen molar-refractivity contribution in [2.24, 2.45) is 23.2 Å². The van der Waals surface area contributed by atoms with Gasteiger partial charge < -0.3 is 4.74 Å². The molecule has 0 aromatic heterocycles. The SMILES string of the molecule is CC(C)OCC12CC3CC(C1)C(=O)C(C3)C2. The summed E-state index contributed by atoms with van der Waals surface area (Å²) in [5.74, 6) is 2.19. The molecular weight excluding hydrogens is 200 g/mol. The van der Waals surface area contributed by atoms with E-state index in [2.05, 4.69) is 13.8 Å². The molecule has 2 unspecified atom stereocenters. The molecule has 0 radical (unpaired) electrons. The largest absolute Gasteiger partial charge is 0.378 e. The van der Waals surface area contributed by atoms with E-state index >= 15 is 0 Å².